The summed E-state index contributed by atoms with van der Waals surface area (Å²) in [5.41, 5.74) is 2.59. The highest BCUT2D eigenvalue weighted by atomic mass is 16.5. The van der Waals surface area contributed by atoms with Gasteiger partial charge < -0.3 is 15.4 Å². The maximum Gasteiger partial charge on any atom is 0.271 e. The Balaban J connectivity index is 1.97. The second kappa shape index (κ2) is 7.88. The average molecular weight is 328 g/mol. The van der Waals surface area contributed by atoms with Crippen LogP contribution in [0, 0.1) is 0 Å². The summed E-state index contributed by atoms with van der Waals surface area (Å²) >= 11 is 0. The van der Waals surface area contributed by atoms with Crippen molar-refractivity contribution in [3.05, 3.63) is 47.7 Å². The molecular formula is C18H24N4O2. The van der Waals surface area contributed by atoms with Gasteiger partial charge in [0.1, 0.15) is 0 Å². The molecule has 0 fully saturated rings. The Morgan fingerprint density at radius 3 is 2.33 bits per heavy atom. The lowest BCUT2D eigenvalue weighted by Gasteiger charge is -2.19. The van der Waals surface area contributed by atoms with Crippen molar-refractivity contribution in [2.24, 2.45) is 0 Å². The summed E-state index contributed by atoms with van der Waals surface area (Å²) in [5.74, 6) is 0.326. The maximum atomic E-state index is 11.8. The molecule has 0 bridgehead atoms. The van der Waals surface area contributed by atoms with E-state index >= 15 is 0 Å². The largest absolute Gasteiger partial charge is 0.383 e. The van der Waals surface area contributed by atoms with E-state index in [0.717, 1.165) is 5.69 Å². The van der Waals surface area contributed by atoms with Gasteiger partial charge in [-0.05, 0) is 35.2 Å². The predicted octanol–water partition coefficient (Wildman–Crippen LogP) is 2.89. The van der Waals surface area contributed by atoms with Crippen LogP contribution in [0.25, 0.3) is 0 Å². The summed E-state index contributed by atoms with van der Waals surface area (Å²) in [6.45, 7) is 7.44. The Kier molecular flexibility index (Phi) is 5.87. The highest BCUT2D eigenvalue weighted by Gasteiger charge is 2.13. The molecule has 1 aromatic heterocycles. The van der Waals surface area contributed by atoms with Gasteiger partial charge in [0.05, 0.1) is 6.61 Å². The Morgan fingerprint density at radius 1 is 1.08 bits per heavy atom. The Morgan fingerprint density at radius 2 is 1.79 bits per heavy atom. The summed E-state index contributed by atoms with van der Waals surface area (Å²) in [7, 11) is 1.58. The standard InChI is InChI=1S/C18H24N4O2/c1-18(2,3)13-5-7-14(8-6-13)20-16-10-9-15(21-22-16)17(23)19-11-12-24-4/h5-10H,11-12H2,1-4H3,(H,19,23)(H,20,22). The van der Waals surface area contributed by atoms with Crippen LogP contribution in [0.15, 0.2) is 36.4 Å². The first-order chi connectivity index (χ1) is 11.4. The molecule has 0 radical (unpaired) electrons. The molecule has 1 heterocycles. The number of rotatable bonds is 6. The van der Waals surface area contributed by atoms with E-state index in [1.54, 1.807) is 19.2 Å². The third-order valence-corrected chi connectivity index (χ3v) is 3.51. The van der Waals surface area contributed by atoms with Crippen LogP contribution in [0.5, 0.6) is 0 Å². The lowest BCUT2D eigenvalue weighted by atomic mass is 9.87. The number of anilines is 2. The smallest absolute Gasteiger partial charge is 0.271 e. The van der Waals surface area contributed by atoms with Gasteiger partial charge >= 0.3 is 0 Å². The monoisotopic (exact) mass is 328 g/mol. The highest BCUT2D eigenvalue weighted by Crippen LogP contribution is 2.24. The first-order valence-corrected chi connectivity index (χ1v) is 7.88. The third-order valence-electron chi connectivity index (χ3n) is 3.51. The summed E-state index contributed by atoms with van der Waals surface area (Å²) in [6.07, 6.45) is 0. The van der Waals surface area contributed by atoms with Crippen molar-refractivity contribution < 1.29 is 9.53 Å². The van der Waals surface area contributed by atoms with Gasteiger partial charge in [0.15, 0.2) is 11.5 Å². The number of hydrogen-bond acceptors (Lipinski definition) is 5. The zero-order valence-corrected chi connectivity index (χ0v) is 14.6. The Hall–Kier alpha value is -2.47. The molecule has 0 unspecified atom stereocenters. The van der Waals surface area contributed by atoms with Crippen molar-refractivity contribution in [2.75, 3.05) is 25.6 Å². The summed E-state index contributed by atoms with van der Waals surface area (Å²) < 4.78 is 4.88. The molecule has 0 aliphatic heterocycles. The van der Waals surface area contributed by atoms with E-state index in [1.165, 1.54) is 5.56 Å². The van der Waals surface area contributed by atoms with Crippen LogP contribution in [0.2, 0.25) is 0 Å². The molecule has 2 aromatic rings. The number of benzene rings is 1. The first kappa shape index (κ1) is 17.9. The van der Waals surface area contributed by atoms with Crippen LogP contribution < -0.4 is 10.6 Å². The first-order valence-electron chi connectivity index (χ1n) is 7.88. The minimum atomic E-state index is -0.263. The van der Waals surface area contributed by atoms with Crippen LogP contribution in [0.1, 0.15) is 36.8 Å². The Labute approximate surface area is 142 Å². The zero-order chi connectivity index (χ0) is 17.6. The molecule has 0 saturated carbocycles. The summed E-state index contributed by atoms with van der Waals surface area (Å²) in [4.78, 5) is 11.8. The van der Waals surface area contributed by atoms with Crippen molar-refractivity contribution in [2.45, 2.75) is 26.2 Å². The van der Waals surface area contributed by atoms with Crippen molar-refractivity contribution >= 4 is 17.4 Å². The maximum absolute atomic E-state index is 11.8. The molecule has 0 spiro atoms. The number of carbonyl (C=O) groups excluding carboxylic acids is 1. The number of carbonyl (C=O) groups is 1. The van der Waals surface area contributed by atoms with Gasteiger partial charge in [0.25, 0.3) is 5.91 Å². The highest BCUT2D eigenvalue weighted by molar-refractivity contribution is 5.92. The fourth-order valence-electron chi connectivity index (χ4n) is 2.08. The normalized spacial score (nSPS) is 11.2. The fraction of sp³-hybridized carbons (Fsp3) is 0.389. The van der Waals surface area contributed by atoms with Crippen molar-refractivity contribution in [3.63, 3.8) is 0 Å². The van der Waals surface area contributed by atoms with E-state index < -0.39 is 0 Å². The Bertz CT molecular complexity index is 661. The molecule has 2 N–H and O–H groups in total. The van der Waals surface area contributed by atoms with Crippen LogP contribution in [0.4, 0.5) is 11.5 Å². The molecule has 0 aliphatic carbocycles. The van der Waals surface area contributed by atoms with Crippen molar-refractivity contribution in [1.82, 2.24) is 15.5 Å². The van der Waals surface area contributed by atoms with Crippen molar-refractivity contribution in [3.8, 4) is 0 Å². The molecule has 0 saturated heterocycles. The van der Waals surface area contributed by atoms with E-state index in [9.17, 15) is 4.79 Å². The molecule has 0 atom stereocenters. The minimum Gasteiger partial charge on any atom is -0.383 e. The van der Waals surface area contributed by atoms with E-state index in [1.807, 2.05) is 12.1 Å². The van der Waals surface area contributed by atoms with Crippen LogP contribution >= 0.6 is 0 Å². The molecule has 128 valence electrons. The molecule has 6 heteroatoms. The predicted molar refractivity (Wildman–Crippen MR) is 94.7 cm³/mol. The molecule has 24 heavy (non-hydrogen) atoms. The number of aromatic nitrogens is 2. The van der Waals surface area contributed by atoms with Gasteiger partial charge in [-0.3, -0.25) is 4.79 Å². The topological polar surface area (TPSA) is 76.1 Å². The number of ether oxygens (including phenoxy) is 1. The van der Waals surface area contributed by atoms with Crippen LogP contribution in [-0.2, 0) is 10.2 Å². The van der Waals surface area contributed by atoms with E-state index in [4.69, 9.17) is 4.74 Å². The van der Waals surface area contributed by atoms with Crippen molar-refractivity contribution in [1.29, 1.82) is 0 Å². The molecule has 1 aromatic carbocycles. The van der Waals surface area contributed by atoms with E-state index in [-0.39, 0.29) is 17.0 Å². The van der Waals surface area contributed by atoms with Gasteiger partial charge in [0, 0.05) is 19.3 Å². The summed E-state index contributed by atoms with van der Waals surface area (Å²) in [5, 5.41) is 13.9. The summed E-state index contributed by atoms with van der Waals surface area (Å²) in [6, 6.07) is 11.6. The third kappa shape index (κ3) is 5.03. The van der Waals surface area contributed by atoms with E-state index in [2.05, 4.69) is 53.7 Å². The van der Waals surface area contributed by atoms with Gasteiger partial charge in [-0.2, -0.15) is 0 Å². The number of amides is 1. The lowest BCUT2D eigenvalue weighted by Crippen LogP contribution is -2.27. The SMILES string of the molecule is COCCNC(=O)c1ccc(Nc2ccc(C(C)(C)C)cc2)nn1. The van der Waals surface area contributed by atoms with Crippen LogP contribution in [0.3, 0.4) is 0 Å². The number of nitrogens with one attached hydrogen (secondary N) is 2. The molecule has 0 aliphatic rings. The zero-order valence-electron chi connectivity index (χ0n) is 14.6. The average Bonchev–Trinajstić information content (AvgIpc) is 2.55. The quantitative estimate of drug-likeness (QED) is 0.798. The molecule has 6 nitrogen and oxygen atoms in total. The fourth-order valence-corrected chi connectivity index (χ4v) is 2.08. The number of hydrogen-bond donors (Lipinski definition) is 2. The van der Waals surface area contributed by atoms with E-state index in [0.29, 0.717) is 19.0 Å². The van der Waals surface area contributed by atoms with Gasteiger partial charge in [-0.15, -0.1) is 10.2 Å². The number of methoxy groups -OCH3 is 1. The van der Waals surface area contributed by atoms with Gasteiger partial charge in [-0.1, -0.05) is 32.9 Å². The minimum absolute atomic E-state index is 0.121. The number of nitrogens with zero attached hydrogens (tertiary/aromatic N) is 2. The van der Waals surface area contributed by atoms with Gasteiger partial charge in [0.2, 0.25) is 0 Å². The lowest BCUT2D eigenvalue weighted by molar-refractivity contribution is 0.0931. The van der Waals surface area contributed by atoms with Gasteiger partial charge in [-0.25, -0.2) is 0 Å². The molecule has 2 rings (SSSR count). The second-order valence-electron chi connectivity index (χ2n) is 6.50. The molecular weight excluding hydrogens is 304 g/mol. The van der Waals surface area contributed by atoms with Crippen LogP contribution in [-0.4, -0.2) is 36.4 Å². The second-order valence-corrected chi connectivity index (χ2v) is 6.50. The molecule has 1 amide bonds.